The van der Waals surface area contributed by atoms with Crippen molar-refractivity contribution in [2.75, 3.05) is 0 Å². The lowest BCUT2D eigenvalue weighted by molar-refractivity contribution is -0.123. The zero-order chi connectivity index (χ0) is 16.3. The van der Waals surface area contributed by atoms with Gasteiger partial charge >= 0.3 is 0 Å². The molecule has 2 amide bonds. The van der Waals surface area contributed by atoms with E-state index in [1.807, 2.05) is 6.92 Å². The van der Waals surface area contributed by atoms with E-state index in [4.69, 9.17) is 17.3 Å². The third kappa shape index (κ3) is 3.12. The zero-order valence-corrected chi connectivity index (χ0v) is 13.1. The summed E-state index contributed by atoms with van der Waals surface area (Å²) in [6.07, 6.45) is 3.05. The summed E-state index contributed by atoms with van der Waals surface area (Å²) in [5, 5.41) is 7.16. The van der Waals surface area contributed by atoms with Gasteiger partial charge in [-0.2, -0.15) is 5.10 Å². The van der Waals surface area contributed by atoms with Gasteiger partial charge in [0, 0.05) is 17.8 Å². The Morgan fingerprint density at radius 2 is 2.18 bits per heavy atom. The molecule has 0 spiro atoms. The quantitative estimate of drug-likeness (QED) is 0.878. The fraction of sp³-hybridized carbons (Fsp3) is 0.267. The number of nitrogens with one attached hydrogen (secondary N) is 1. The van der Waals surface area contributed by atoms with Gasteiger partial charge in [-0.1, -0.05) is 23.7 Å². The van der Waals surface area contributed by atoms with Gasteiger partial charge in [0.15, 0.2) is 0 Å². The summed E-state index contributed by atoms with van der Waals surface area (Å²) in [5.74, 6) is -1.10. The van der Waals surface area contributed by atoms with Crippen molar-refractivity contribution in [2.24, 2.45) is 5.73 Å². The first-order valence-electron chi connectivity index (χ1n) is 6.77. The zero-order valence-electron chi connectivity index (χ0n) is 12.3. The number of aryl methyl sites for hydroxylation is 1. The Hall–Kier alpha value is -2.34. The Bertz CT molecular complexity index is 713. The Morgan fingerprint density at radius 3 is 2.73 bits per heavy atom. The first kappa shape index (κ1) is 16.0. The highest BCUT2D eigenvalue weighted by Crippen LogP contribution is 2.24. The number of hydrogen-bond donors (Lipinski definition) is 2. The molecule has 0 bridgehead atoms. The molecule has 0 saturated heterocycles. The number of hydrogen-bond acceptors (Lipinski definition) is 3. The maximum atomic E-state index is 12.3. The van der Waals surface area contributed by atoms with E-state index in [2.05, 4.69) is 10.4 Å². The molecular weight excluding hydrogens is 304 g/mol. The van der Waals surface area contributed by atoms with Gasteiger partial charge in [0.1, 0.15) is 5.54 Å². The number of aromatic nitrogens is 2. The van der Waals surface area contributed by atoms with Crippen molar-refractivity contribution < 1.29 is 9.59 Å². The third-order valence-corrected chi connectivity index (χ3v) is 3.71. The summed E-state index contributed by atoms with van der Waals surface area (Å²) in [4.78, 5) is 24.3. The van der Waals surface area contributed by atoms with Gasteiger partial charge in [-0.05, 0) is 31.5 Å². The van der Waals surface area contributed by atoms with Crippen LogP contribution in [0.3, 0.4) is 0 Å². The molecule has 0 saturated carbocycles. The van der Waals surface area contributed by atoms with E-state index in [9.17, 15) is 9.59 Å². The number of carbonyl (C=O) groups is 2. The van der Waals surface area contributed by atoms with E-state index in [1.54, 1.807) is 42.1 Å². The Balaban J connectivity index is 2.32. The first-order chi connectivity index (χ1) is 10.4. The highest BCUT2D eigenvalue weighted by Gasteiger charge is 2.35. The fourth-order valence-electron chi connectivity index (χ4n) is 2.03. The molecule has 1 aromatic heterocycles. The summed E-state index contributed by atoms with van der Waals surface area (Å²) in [6, 6.07) is 6.66. The van der Waals surface area contributed by atoms with Gasteiger partial charge in [0.25, 0.3) is 5.91 Å². The van der Waals surface area contributed by atoms with E-state index in [1.165, 1.54) is 6.20 Å². The molecule has 2 rings (SSSR count). The maximum absolute atomic E-state index is 12.3. The molecule has 22 heavy (non-hydrogen) atoms. The van der Waals surface area contributed by atoms with E-state index < -0.39 is 17.4 Å². The number of carbonyl (C=O) groups excluding carboxylic acids is 2. The van der Waals surface area contributed by atoms with Gasteiger partial charge < -0.3 is 11.1 Å². The molecule has 3 N–H and O–H groups in total. The maximum Gasteiger partial charge on any atom is 0.255 e. The van der Waals surface area contributed by atoms with Crippen LogP contribution in [-0.2, 0) is 16.9 Å². The number of nitrogens with two attached hydrogens (primary N) is 1. The lowest BCUT2D eigenvalue weighted by Crippen LogP contribution is -2.52. The van der Waals surface area contributed by atoms with Crippen LogP contribution in [0.5, 0.6) is 0 Å². The van der Waals surface area contributed by atoms with Gasteiger partial charge in [0.05, 0.1) is 11.8 Å². The average Bonchev–Trinajstić information content (AvgIpc) is 2.96. The summed E-state index contributed by atoms with van der Waals surface area (Å²) >= 11 is 5.95. The van der Waals surface area contributed by atoms with Crippen molar-refractivity contribution in [1.29, 1.82) is 0 Å². The molecule has 1 heterocycles. The van der Waals surface area contributed by atoms with Gasteiger partial charge in [-0.25, -0.2) is 0 Å². The van der Waals surface area contributed by atoms with Crippen molar-refractivity contribution >= 4 is 23.4 Å². The predicted octanol–water partition coefficient (Wildman–Crippen LogP) is 1.69. The normalized spacial score (nSPS) is 13.4. The van der Waals surface area contributed by atoms with Crippen LogP contribution in [0.15, 0.2) is 36.7 Å². The number of primary amides is 1. The molecule has 7 heteroatoms. The second-order valence-electron chi connectivity index (χ2n) is 5.04. The van der Waals surface area contributed by atoms with Crippen molar-refractivity contribution in [1.82, 2.24) is 15.1 Å². The number of benzene rings is 1. The van der Waals surface area contributed by atoms with Crippen LogP contribution in [0.4, 0.5) is 0 Å². The van der Waals surface area contributed by atoms with E-state index >= 15 is 0 Å². The molecule has 1 atom stereocenters. The molecule has 0 aliphatic carbocycles. The minimum atomic E-state index is -1.36. The van der Waals surface area contributed by atoms with Crippen LogP contribution in [0.2, 0.25) is 5.02 Å². The minimum Gasteiger partial charge on any atom is -0.367 e. The highest BCUT2D eigenvalue weighted by molar-refractivity contribution is 6.30. The molecule has 0 fully saturated rings. The monoisotopic (exact) mass is 320 g/mol. The van der Waals surface area contributed by atoms with Crippen LogP contribution in [-0.4, -0.2) is 21.6 Å². The van der Waals surface area contributed by atoms with Crippen LogP contribution < -0.4 is 11.1 Å². The molecule has 116 valence electrons. The minimum absolute atomic E-state index is 0.358. The molecule has 0 aliphatic heterocycles. The number of nitrogens with zero attached hydrogens (tertiary/aromatic N) is 2. The molecule has 0 radical (unpaired) electrons. The van der Waals surface area contributed by atoms with Crippen molar-refractivity contribution in [3.8, 4) is 0 Å². The number of amides is 2. The van der Waals surface area contributed by atoms with Crippen LogP contribution >= 0.6 is 11.6 Å². The van der Waals surface area contributed by atoms with E-state index in [0.717, 1.165) is 0 Å². The van der Waals surface area contributed by atoms with Gasteiger partial charge in [0.2, 0.25) is 5.91 Å². The predicted molar refractivity (Wildman–Crippen MR) is 83.4 cm³/mol. The SMILES string of the molecule is CCn1cc(C(=O)NC(C)(C(N)=O)c2cccc(Cl)c2)cn1. The molecule has 6 nitrogen and oxygen atoms in total. The lowest BCUT2D eigenvalue weighted by atomic mass is 9.91. The summed E-state index contributed by atoms with van der Waals surface area (Å²) in [5.41, 5.74) is 5.00. The molecule has 0 aliphatic rings. The average molecular weight is 321 g/mol. The Morgan fingerprint density at radius 1 is 1.45 bits per heavy atom. The first-order valence-corrected chi connectivity index (χ1v) is 7.15. The summed E-state index contributed by atoms with van der Waals surface area (Å²) in [6.45, 7) is 4.10. The fourth-order valence-corrected chi connectivity index (χ4v) is 2.22. The molecule has 2 aromatic rings. The summed E-state index contributed by atoms with van der Waals surface area (Å²) in [7, 11) is 0. The van der Waals surface area contributed by atoms with Crippen LogP contribution in [0.1, 0.15) is 29.8 Å². The van der Waals surface area contributed by atoms with Crippen molar-refractivity contribution in [3.05, 3.63) is 52.8 Å². The van der Waals surface area contributed by atoms with Gasteiger partial charge in [-0.15, -0.1) is 0 Å². The topological polar surface area (TPSA) is 90.0 Å². The Labute approximate surface area is 133 Å². The number of rotatable bonds is 5. The Kier molecular flexibility index (Phi) is 4.51. The summed E-state index contributed by atoms with van der Waals surface area (Å²) < 4.78 is 1.62. The molecule has 1 aromatic carbocycles. The standard InChI is InChI=1S/C15H17ClN4O2/c1-3-20-9-10(8-18-20)13(21)19-15(2,14(17)22)11-5-4-6-12(16)7-11/h4-9H,3H2,1-2H3,(H2,17,22)(H,19,21). The molecule has 1 unspecified atom stereocenters. The van der Waals surface area contributed by atoms with E-state index in [-0.39, 0.29) is 0 Å². The van der Waals surface area contributed by atoms with Crippen molar-refractivity contribution in [2.45, 2.75) is 25.9 Å². The second kappa shape index (κ2) is 6.19. The van der Waals surface area contributed by atoms with Crippen LogP contribution in [0, 0.1) is 0 Å². The highest BCUT2D eigenvalue weighted by atomic mass is 35.5. The van der Waals surface area contributed by atoms with Crippen LogP contribution in [0.25, 0.3) is 0 Å². The number of halogens is 1. The largest absolute Gasteiger partial charge is 0.367 e. The van der Waals surface area contributed by atoms with Gasteiger partial charge in [-0.3, -0.25) is 14.3 Å². The molecular formula is C15H17ClN4O2. The second-order valence-corrected chi connectivity index (χ2v) is 5.47. The van der Waals surface area contributed by atoms with Crippen molar-refractivity contribution in [3.63, 3.8) is 0 Å². The van der Waals surface area contributed by atoms with E-state index in [0.29, 0.717) is 22.7 Å². The smallest absolute Gasteiger partial charge is 0.255 e. The lowest BCUT2D eigenvalue weighted by Gasteiger charge is -2.28. The third-order valence-electron chi connectivity index (χ3n) is 3.48.